The normalized spacial score (nSPS) is 16.2. The van der Waals surface area contributed by atoms with Gasteiger partial charge in [0.25, 0.3) is 0 Å². The molecule has 1 aliphatic carbocycles. The molecule has 1 saturated carbocycles. The van der Waals surface area contributed by atoms with Crippen molar-refractivity contribution in [2.75, 3.05) is 26.3 Å². The molecule has 1 aliphatic heterocycles. The van der Waals surface area contributed by atoms with E-state index in [2.05, 4.69) is 39.9 Å². The zero-order valence-electron chi connectivity index (χ0n) is 25.1. The van der Waals surface area contributed by atoms with Crippen molar-refractivity contribution in [3.63, 3.8) is 0 Å². The molecule has 7 rings (SSSR count). The van der Waals surface area contributed by atoms with E-state index in [4.69, 9.17) is 9.72 Å². The summed E-state index contributed by atoms with van der Waals surface area (Å²) >= 11 is 1.66. The molecule has 2 aromatic carbocycles. The van der Waals surface area contributed by atoms with Crippen LogP contribution in [0.2, 0.25) is 0 Å². The van der Waals surface area contributed by atoms with Crippen molar-refractivity contribution in [3.05, 3.63) is 70.4 Å². The summed E-state index contributed by atoms with van der Waals surface area (Å²) in [6.45, 7) is 6.36. The molecule has 0 spiro atoms. The van der Waals surface area contributed by atoms with Crippen molar-refractivity contribution in [1.29, 1.82) is 0 Å². The Hall–Kier alpha value is -4.08. The molecule has 2 aliphatic rings. The number of carboxylic acid groups (broad SMARTS) is 1. The Labute approximate surface area is 260 Å². The minimum absolute atomic E-state index is 0.0182. The number of aryl methyl sites for hydroxylation is 2. The number of hydrogen-bond donors (Lipinski definition) is 1. The Balaban J connectivity index is 1.41. The number of thiazole rings is 1. The lowest BCUT2D eigenvalue weighted by Gasteiger charge is -2.28. The van der Waals surface area contributed by atoms with Crippen LogP contribution < -0.4 is 0 Å². The second-order valence-electron chi connectivity index (χ2n) is 12.0. The molecule has 1 N–H and O–H groups in total. The van der Waals surface area contributed by atoms with Gasteiger partial charge < -0.3 is 19.3 Å². The number of amides is 1. The Morgan fingerprint density at radius 3 is 2.50 bits per heavy atom. The van der Waals surface area contributed by atoms with Gasteiger partial charge in [0.05, 0.1) is 56.8 Å². The Kier molecular flexibility index (Phi) is 7.68. The van der Waals surface area contributed by atoms with Gasteiger partial charge in [-0.05, 0) is 74.1 Å². The maximum absolute atomic E-state index is 13.7. The summed E-state index contributed by atoms with van der Waals surface area (Å²) in [4.78, 5) is 38.3. The molecule has 1 saturated heterocycles. The molecule has 0 unspecified atom stereocenters. The van der Waals surface area contributed by atoms with Crippen LogP contribution in [0.4, 0.5) is 0 Å². The number of morpholine rings is 1. The van der Waals surface area contributed by atoms with E-state index in [1.807, 2.05) is 24.8 Å². The summed E-state index contributed by atoms with van der Waals surface area (Å²) < 4.78 is 7.58. The maximum atomic E-state index is 13.7. The van der Waals surface area contributed by atoms with E-state index in [9.17, 15) is 14.7 Å². The number of aromatic carboxylic acids is 1. The van der Waals surface area contributed by atoms with Gasteiger partial charge in [0, 0.05) is 23.9 Å². The van der Waals surface area contributed by atoms with Gasteiger partial charge >= 0.3 is 5.97 Å². The van der Waals surface area contributed by atoms with Crippen LogP contribution in [0.25, 0.3) is 43.6 Å². The minimum Gasteiger partial charge on any atom is -0.478 e. The zero-order valence-corrected chi connectivity index (χ0v) is 26.0. The van der Waals surface area contributed by atoms with E-state index in [1.54, 1.807) is 23.5 Å². The Morgan fingerprint density at radius 2 is 1.77 bits per heavy atom. The first-order valence-corrected chi connectivity index (χ1v) is 16.3. The van der Waals surface area contributed by atoms with Crippen LogP contribution in [-0.4, -0.2) is 62.7 Å². The molecule has 226 valence electrons. The highest BCUT2D eigenvalue weighted by Gasteiger charge is 2.29. The van der Waals surface area contributed by atoms with Crippen LogP contribution in [-0.2, 0) is 16.1 Å². The first kappa shape index (κ1) is 28.7. The number of carbonyl (C=O) groups excluding carboxylic acids is 1. The first-order chi connectivity index (χ1) is 21.4. The van der Waals surface area contributed by atoms with E-state index in [0.29, 0.717) is 32.2 Å². The van der Waals surface area contributed by atoms with E-state index >= 15 is 0 Å². The number of carboxylic acids is 1. The number of nitrogens with zero attached hydrogens (tertiary/aromatic N) is 4. The summed E-state index contributed by atoms with van der Waals surface area (Å²) in [6, 6.07) is 15.9. The standard InChI is InChI=1S/C35H36N4O4S/c1-21-34(44-22(2)36-21)29-13-9-24-18-25(10-12-28(24)37-29)33-32(23-6-4-3-5-7-23)27-11-8-26(35(41)42)19-30(27)39(33)20-31(40)38-14-16-43-17-15-38/h8-13,18-19,23H,3-7,14-17,20H2,1-2H3,(H,41,42). The van der Waals surface area contributed by atoms with Crippen LogP contribution in [0, 0.1) is 13.8 Å². The SMILES string of the molecule is Cc1nc(C)c(-c2ccc3cc(-c4c(C5CCCCC5)c5ccc(C(=O)O)cc5n4CC(=O)N4CCOCC4)ccc3n2)s1. The highest BCUT2D eigenvalue weighted by atomic mass is 32.1. The number of fused-ring (bicyclic) bond motifs is 2. The monoisotopic (exact) mass is 608 g/mol. The predicted molar refractivity (Wildman–Crippen MR) is 173 cm³/mol. The highest BCUT2D eigenvalue weighted by Crippen LogP contribution is 2.45. The van der Waals surface area contributed by atoms with Gasteiger partial charge in [-0.25, -0.2) is 14.8 Å². The summed E-state index contributed by atoms with van der Waals surface area (Å²) in [7, 11) is 0. The van der Waals surface area contributed by atoms with Gasteiger partial charge in [0.1, 0.15) is 6.54 Å². The summed E-state index contributed by atoms with van der Waals surface area (Å²) in [5.74, 6) is -0.617. The van der Waals surface area contributed by atoms with Crippen LogP contribution >= 0.6 is 11.3 Å². The minimum atomic E-state index is -0.973. The van der Waals surface area contributed by atoms with Crippen molar-refractivity contribution < 1.29 is 19.4 Å². The lowest BCUT2D eigenvalue weighted by molar-refractivity contribution is -0.135. The first-order valence-electron chi connectivity index (χ1n) is 15.5. The molecule has 5 aromatic rings. The number of hydrogen-bond acceptors (Lipinski definition) is 6. The quantitative estimate of drug-likeness (QED) is 0.219. The van der Waals surface area contributed by atoms with Crippen molar-refractivity contribution in [2.45, 2.75) is 58.4 Å². The van der Waals surface area contributed by atoms with Gasteiger partial charge in [0.2, 0.25) is 5.91 Å². The van der Waals surface area contributed by atoms with Gasteiger partial charge in [-0.1, -0.05) is 37.5 Å². The van der Waals surface area contributed by atoms with Crippen LogP contribution in [0.15, 0.2) is 48.5 Å². The third-order valence-corrected chi connectivity index (χ3v) is 10.2. The fourth-order valence-corrected chi connectivity index (χ4v) is 7.90. The fraction of sp³-hybridized carbons (Fsp3) is 0.371. The Bertz CT molecular complexity index is 1900. The Morgan fingerprint density at radius 1 is 0.977 bits per heavy atom. The second kappa shape index (κ2) is 11.8. The molecule has 0 atom stereocenters. The van der Waals surface area contributed by atoms with Crippen LogP contribution in [0.3, 0.4) is 0 Å². The summed E-state index contributed by atoms with van der Waals surface area (Å²) in [6.07, 6.45) is 5.72. The number of aromatic nitrogens is 3. The molecular weight excluding hydrogens is 572 g/mol. The largest absolute Gasteiger partial charge is 0.478 e. The highest BCUT2D eigenvalue weighted by molar-refractivity contribution is 7.15. The lowest BCUT2D eigenvalue weighted by atomic mass is 9.81. The van der Waals surface area contributed by atoms with Crippen molar-refractivity contribution in [3.8, 4) is 21.8 Å². The molecule has 0 bridgehead atoms. The summed E-state index contributed by atoms with van der Waals surface area (Å²) in [5, 5.41) is 13.0. The third-order valence-electron chi connectivity index (χ3n) is 9.12. The molecular formula is C35H36N4O4S. The lowest BCUT2D eigenvalue weighted by Crippen LogP contribution is -2.42. The van der Waals surface area contributed by atoms with Crippen molar-refractivity contribution in [2.24, 2.45) is 0 Å². The molecule has 2 fully saturated rings. The predicted octanol–water partition coefficient (Wildman–Crippen LogP) is 7.20. The molecule has 8 nitrogen and oxygen atoms in total. The molecule has 1 amide bonds. The van der Waals surface area contributed by atoms with Crippen molar-refractivity contribution in [1.82, 2.24) is 19.4 Å². The molecule has 4 heterocycles. The van der Waals surface area contributed by atoms with Gasteiger partial charge in [-0.3, -0.25) is 4.79 Å². The number of carbonyl (C=O) groups is 2. The van der Waals surface area contributed by atoms with Gasteiger partial charge in [0.15, 0.2) is 0 Å². The number of benzene rings is 2. The topological polar surface area (TPSA) is 97.5 Å². The smallest absolute Gasteiger partial charge is 0.335 e. The van der Waals surface area contributed by atoms with E-state index in [1.165, 1.54) is 12.0 Å². The van der Waals surface area contributed by atoms with Crippen molar-refractivity contribution >= 4 is 45.0 Å². The van der Waals surface area contributed by atoms with Gasteiger partial charge in [-0.15, -0.1) is 11.3 Å². The fourth-order valence-electron chi connectivity index (χ4n) is 7.01. The second-order valence-corrected chi connectivity index (χ2v) is 13.2. The molecule has 3 aromatic heterocycles. The number of rotatable bonds is 6. The number of pyridine rings is 1. The van der Waals surface area contributed by atoms with Gasteiger partial charge in [-0.2, -0.15) is 0 Å². The van der Waals surface area contributed by atoms with E-state index in [0.717, 1.165) is 80.0 Å². The van der Waals surface area contributed by atoms with E-state index < -0.39 is 5.97 Å². The third kappa shape index (κ3) is 5.28. The number of ether oxygens (including phenoxy) is 1. The molecule has 0 radical (unpaired) electrons. The average Bonchev–Trinajstić information content (AvgIpc) is 3.56. The van der Waals surface area contributed by atoms with E-state index in [-0.39, 0.29) is 18.0 Å². The molecule has 9 heteroatoms. The van der Waals surface area contributed by atoms with Crippen LogP contribution in [0.1, 0.15) is 64.6 Å². The maximum Gasteiger partial charge on any atom is 0.335 e. The van der Waals surface area contributed by atoms with Crippen LogP contribution in [0.5, 0.6) is 0 Å². The summed E-state index contributed by atoms with van der Waals surface area (Å²) in [5.41, 5.74) is 7.08. The zero-order chi connectivity index (χ0) is 30.4. The average molecular weight is 609 g/mol. The molecule has 44 heavy (non-hydrogen) atoms.